The Kier molecular flexibility index (Phi) is 4.54. The summed E-state index contributed by atoms with van der Waals surface area (Å²) < 4.78 is 5.72. The normalized spacial score (nSPS) is 37.1. The van der Waals surface area contributed by atoms with E-state index in [-0.39, 0.29) is 0 Å². The third kappa shape index (κ3) is 3.19. The molecule has 0 aromatic heterocycles. The molecule has 3 fully saturated rings. The van der Waals surface area contributed by atoms with E-state index in [0.717, 1.165) is 38.8 Å². The molecule has 3 unspecified atom stereocenters. The predicted molar refractivity (Wildman–Crippen MR) is 75.2 cm³/mol. The lowest BCUT2D eigenvalue weighted by Crippen LogP contribution is -2.41. The number of hydrogen-bond donors (Lipinski definition) is 0. The molecule has 3 aliphatic rings. The highest BCUT2D eigenvalue weighted by molar-refractivity contribution is 5.82. The van der Waals surface area contributed by atoms with Crippen LogP contribution in [0.1, 0.15) is 57.8 Å². The maximum absolute atomic E-state index is 12.1. The Balaban J connectivity index is 1.53. The topological polar surface area (TPSA) is 29.5 Å². The average Bonchev–Trinajstić information content (AvgIpc) is 3.08. The molecule has 0 spiro atoms. The van der Waals surface area contributed by atoms with E-state index in [4.69, 9.17) is 4.74 Å². The van der Waals surface area contributed by atoms with Gasteiger partial charge >= 0.3 is 0 Å². The van der Waals surface area contributed by atoms with Crippen LogP contribution in [0.15, 0.2) is 0 Å². The van der Waals surface area contributed by atoms with Crippen LogP contribution < -0.4 is 0 Å². The van der Waals surface area contributed by atoms with Crippen molar-refractivity contribution in [3.05, 3.63) is 0 Å². The van der Waals surface area contributed by atoms with E-state index in [9.17, 15) is 4.79 Å². The van der Waals surface area contributed by atoms with E-state index in [1.807, 2.05) is 0 Å². The summed E-state index contributed by atoms with van der Waals surface area (Å²) in [5.74, 6) is 0.890. The van der Waals surface area contributed by atoms with Crippen molar-refractivity contribution in [3.63, 3.8) is 0 Å². The van der Waals surface area contributed by atoms with Gasteiger partial charge in [0.15, 0.2) is 0 Å². The lowest BCUT2D eigenvalue weighted by Gasteiger charge is -2.33. The molecule has 0 amide bonds. The number of ether oxygens (including phenoxy) is 1. The molecule has 0 aromatic carbocycles. The van der Waals surface area contributed by atoms with Crippen molar-refractivity contribution < 1.29 is 9.53 Å². The van der Waals surface area contributed by atoms with Gasteiger partial charge in [-0.05, 0) is 51.5 Å². The highest BCUT2D eigenvalue weighted by atomic mass is 16.5. The van der Waals surface area contributed by atoms with Crippen LogP contribution in [0.2, 0.25) is 0 Å². The van der Waals surface area contributed by atoms with Crippen LogP contribution in [0.3, 0.4) is 0 Å². The van der Waals surface area contributed by atoms with Gasteiger partial charge in [-0.1, -0.05) is 6.42 Å². The Morgan fingerprint density at radius 3 is 2.84 bits per heavy atom. The molecule has 19 heavy (non-hydrogen) atoms. The Labute approximate surface area is 116 Å². The molecule has 3 rings (SSSR count). The van der Waals surface area contributed by atoms with Gasteiger partial charge in [0.05, 0.1) is 6.10 Å². The quantitative estimate of drug-likeness (QED) is 0.783. The zero-order chi connectivity index (χ0) is 13.1. The van der Waals surface area contributed by atoms with Gasteiger partial charge in [0.2, 0.25) is 0 Å². The van der Waals surface area contributed by atoms with E-state index in [1.54, 1.807) is 0 Å². The number of Topliss-reactive ketones (excluding diaryl/α,β-unsaturated/α-hetero) is 1. The fourth-order valence-corrected chi connectivity index (χ4v) is 4.18. The monoisotopic (exact) mass is 265 g/mol. The Bertz CT molecular complexity index is 312. The molecule has 3 nitrogen and oxygen atoms in total. The number of rotatable bonds is 4. The fourth-order valence-electron chi connectivity index (χ4n) is 4.18. The lowest BCUT2D eigenvalue weighted by molar-refractivity contribution is -0.126. The summed E-state index contributed by atoms with van der Waals surface area (Å²) in [5.41, 5.74) is 0. The number of hydrogen-bond acceptors (Lipinski definition) is 3. The molecule has 1 saturated carbocycles. The van der Waals surface area contributed by atoms with Crippen LogP contribution in [-0.4, -0.2) is 42.5 Å². The first-order chi connectivity index (χ1) is 9.34. The third-order valence-electron chi connectivity index (χ3n) is 5.24. The minimum absolute atomic E-state index is 0.348. The van der Waals surface area contributed by atoms with Crippen molar-refractivity contribution in [2.24, 2.45) is 5.92 Å². The molecule has 0 aromatic rings. The number of carbonyl (C=O) groups excluding carboxylic acids is 1. The molecule has 3 atom stereocenters. The maximum Gasteiger partial charge on any atom is 0.137 e. The smallest absolute Gasteiger partial charge is 0.137 e. The molecular formula is C16H27NO2. The molecule has 1 aliphatic carbocycles. The maximum atomic E-state index is 12.1. The first-order valence-corrected chi connectivity index (χ1v) is 8.23. The highest BCUT2D eigenvalue weighted by Gasteiger charge is 2.36. The third-order valence-corrected chi connectivity index (χ3v) is 5.24. The molecule has 2 saturated heterocycles. The number of likely N-dealkylation sites (tertiary alicyclic amines) is 1. The minimum Gasteiger partial charge on any atom is -0.378 e. The summed E-state index contributed by atoms with van der Waals surface area (Å²) in [6.45, 7) is 3.29. The van der Waals surface area contributed by atoms with Crippen LogP contribution in [0, 0.1) is 5.92 Å². The second-order valence-electron chi connectivity index (χ2n) is 6.49. The molecule has 2 heterocycles. The van der Waals surface area contributed by atoms with Gasteiger partial charge in [-0.25, -0.2) is 0 Å². The van der Waals surface area contributed by atoms with Gasteiger partial charge in [-0.3, -0.25) is 9.69 Å². The van der Waals surface area contributed by atoms with Crippen molar-refractivity contribution in [3.8, 4) is 0 Å². The molecular weight excluding hydrogens is 238 g/mol. The van der Waals surface area contributed by atoms with Crippen LogP contribution in [0.4, 0.5) is 0 Å². The summed E-state index contributed by atoms with van der Waals surface area (Å²) in [7, 11) is 0. The molecule has 0 bridgehead atoms. The van der Waals surface area contributed by atoms with Crippen LogP contribution in [-0.2, 0) is 9.53 Å². The number of ketones is 1. The van der Waals surface area contributed by atoms with E-state index >= 15 is 0 Å². The van der Waals surface area contributed by atoms with Gasteiger partial charge in [-0.15, -0.1) is 0 Å². The molecule has 3 heteroatoms. The van der Waals surface area contributed by atoms with E-state index in [1.165, 1.54) is 38.6 Å². The summed E-state index contributed by atoms with van der Waals surface area (Å²) in [6.07, 6.45) is 11.0. The lowest BCUT2D eigenvalue weighted by atomic mass is 9.82. The minimum atomic E-state index is 0.348. The Morgan fingerprint density at radius 2 is 2.05 bits per heavy atom. The second kappa shape index (κ2) is 6.36. The van der Waals surface area contributed by atoms with Crippen molar-refractivity contribution in [2.75, 3.05) is 19.7 Å². The van der Waals surface area contributed by atoms with E-state index in [0.29, 0.717) is 23.8 Å². The van der Waals surface area contributed by atoms with Crippen molar-refractivity contribution >= 4 is 5.78 Å². The van der Waals surface area contributed by atoms with Crippen molar-refractivity contribution in [2.45, 2.75) is 69.9 Å². The first kappa shape index (κ1) is 13.6. The predicted octanol–water partition coefficient (Wildman–Crippen LogP) is 2.78. The van der Waals surface area contributed by atoms with E-state index in [2.05, 4.69) is 4.90 Å². The number of nitrogens with zero attached hydrogens (tertiary/aromatic N) is 1. The summed E-state index contributed by atoms with van der Waals surface area (Å²) >= 11 is 0. The van der Waals surface area contributed by atoms with Crippen LogP contribution >= 0.6 is 0 Å². The fraction of sp³-hybridized carbons (Fsp3) is 0.938. The van der Waals surface area contributed by atoms with Gasteiger partial charge < -0.3 is 4.74 Å². The van der Waals surface area contributed by atoms with Crippen molar-refractivity contribution in [1.82, 2.24) is 4.90 Å². The van der Waals surface area contributed by atoms with E-state index < -0.39 is 0 Å². The van der Waals surface area contributed by atoms with Crippen LogP contribution in [0.5, 0.6) is 0 Å². The zero-order valence-electron chi connectivity index (χ0n) is 12.0. The molecule has 0 radical (unpaired) electrons. The molecule has 108 valence electrons. The number of carbonyl (C=O) groups is 1. The van der Waals surface area contributed by atoms with Gasteiger partial charge in [0, 0.05) is 31.5 Å². The summed E-state index contributed by atoms with van der Waals surface area (Å²) in [6, 6.07) is 0.550. The van der Waals surface area contributed by atoms with Gasteiger partial charge in [-0.2, -0.15) is 0 Å². The average molecular weight is 265 g/mol. The SMILES string of the molecule is O=C1CCCCC1C1CCCN1CCC1CCCO1. The highest BCUT2D eigenvalue weighted by Crippen LogP contribution is 2.32. The molecule has 2 aliphatic heterocycles. The van der Waals surface area contributed by atoms with Crippen LogP contribution in [0.25, 0.3) is 0 Å². The second-order valence-corrected chi connectivity index (χ2v) is 6.49. The van der Waals surface area contributed by atoms with Crippen molar-refractivity contribution in [1.29, 1.82) is 0 Å². The summed E-state index contributed by atoms with van der Waals surface area (Å²) in [4.78, 5) is 14.7. The Hall–Kier alpha value is -0.410. The largest absolute Gasteiger partial charge is 0.378 e. The molecule has 0 N–H and O–H groups in total. The Morgan fingerprint density at radius 1 is 1.11 bits per heavy atom. The first-order valence-electron chi connectivity index (χ1n) is 8.23. The van der Waals surface area contributed by atoms with Gasteiger partial charge in [0.1, 0.15) is 5.78 Å². The van der Waals surface area contributed by atoms with Gasteiger partial charge in [0.25, 0.3) is 0 Å². The summed E-state index contributed by atoms with van der Waals surface area (Å²) in [5, 5.41) is 0. The zero-order valence-corrected chi connectivity index (χ0v) is 12.0. The standard InChI is InChI=1S/C16H27NO2/c18-16-8-2-1-6-14(16)15-7-3-10-17(15)11-9-13-5-4-12-19-13/h13-15H,1-12H2.